The molecule has 1 amide bonds. The number of piperidine rings is 1. The lowest BCUT2D eigenvalue weighted by Crippen LogP contribution is -3.17. The number of carbonyl (C=O) groups excluding carboxylic acids is 2. The second kappa shape index (κ2) is 7.94. The Morgan fingerprint density at radius 3 is 2.82 bits per heavy atom. The van der Waals surface area contributed by atoms with Crippen molar-refractivity contribution in [3.8, 4) is 0 Å². The maximum Gasteiger partial charge on any atom is 0.340 e. The minimum atomic E-state index is -0.405. The maximum atomic E-state index is 12.3. The third kappa shape index (κ3) is 4.31. The molecular formula is C17H25N2O3+. The van der Waals surface area contributed by atoms with E-state index in [0.29, 0.717) is 30.4 Å². The molecule has 0 spiro atoms. The number of carbonyl (C=O) groups is 2. The first-order valence-electron chi connectivity index (χ1n) is 8.02. The molecule has 1 aromatic rings. The molecule has 5 heteroatoms. The van der Waals surface area contributed by atoms with Crippen LogP contribution in [0.5, 0.6) is 0 Å². The average Bonchev–Trinajstić information content (AvgIpc) is 2.50. The summed E-state index contributed by atoms with van der Waals surface area (Å²) in [5, 5.41) is 2.86. The number of ether oxygens (including phenoxy) is 1. The minimum Gasteiger partial charge on any atom is -0.462 e. The zero-order chi connectivity index (χ0) is 15.9. The number of quaternary nitrogens is 1. The molecule has 22 heavy (non-hydrogen) atoms. The van der Waals surface area contributed by atoms with Gasteiger partial charge in [0.15, 0.2) is 6.54 Å². The summed E-state index contributed by atoms with van der Waals surface area (Å²) in [6.07, 6.45) is 3.59. The zero-order valence-electron chi connectivity index (χ0n) is 13.4. The Labute approximate surface area is 131 Å². The van der Waals surface area contributed by atoms with E-state index in [4.69, 9.17) is 4.74 Å². The van der Waals surface area contributed by atoms with Crippen molar-refractivity contribution < 1.29 is 19.2 Å². The van der Waals surface area contributed by atoms with Gasteiger partial charge in [-0.05, 0) is 45.2 Å². The SMILES string of the molecule is CCOC(=O)c1ccccc1NC(=O)C[NH+]1CCCC[C@@H]1C. The summed E-state index contributed by atoms with van der Waals surface area (Å²) in [5.74, 6) is -0.461. The molecule has 2 atom stereocenters. The molecule has 2 N–H and O–H groups in total. The molecule has 0 radical (unpaired) electrons. The van der Waals surface area contributed by atoms with Crippen LogP contribution in [0.25, 0.3) is 0 Å². The first-order chi connectivity index (χ1) is 10.6. The van der Waals surface area contributed by atoms with Gasteiger partial charge in [0, 0.05) is 0 Å². The average molecular weight is 305 g/mol. The number of hydrogen-bond acceptors (Lipinski definition) is 3. The van der Waals surface area contributed by atoms with E-state index in [1.165, 1.54) is 24.2 Å². The Hall–Kier alpha value is -1.88. The van der Waals surface area contributed by atoms with Crippen molar-refractivity contribution in [3.05, 3.63) is 29.8 Å². The van der Waals surface area contributed by atoms with E-state index in [0.717, 1.165) is 6.54 Å². The van der Waals surface area contributed by atoms with Gasteiger partial charge < -0.3 is 15.0 Å². The predicted octanol–water partition coefficient (Wildman–Crippen LogP) is 1.26. The van der Waals surface area contributed by atoms with Crippen LogP contribution in [-0.2, 0) is 9.53 Å². The third-order valence-electron chi connectivity index (χ3n) is 4.17. The molecule has 1 aliphatic heterocycles. The van der Waals surface area contributed by atoms with Crippen LogP contribution in [0.3, 0.4) is 0 Å². The van der Waals surface area contributed by atoms with E-state index in [9.17, 15) is 9.59 Å². The molecule has 1 aliphatic rings. The van der Waals surface area contributed by atoms with Crippen LogP contribution >= 0.6 is 0 Å². The lowest BCUT2D eigenvalue weighted by atomic mass is 10.0. The fourth-order valence-corrected chi connectivity index (χ4v) is 2.90. The number of amides is 1. The van der Waals surface area contributed by atoms with Crippen LogP contribution in [0.1, 0.15) is 43.5 Å². The summed E-state index contributed by atoms with van der Waals surface area (Å²) < 4.78 is 5.02. The number of benzene rings is 1. The molecule has 0 bridgehead atoms. The Bertz CT molecular complexity index is 530. The van der Waals surface area contributed by atoms with E-state index < -0.39 is 5.97 Å². The van der Waals surface area contributed by atoms with Crippen LogP contribution in [0, 0.1) is 0 Å². The van der Waals surface area contributed by atoms with Gasteiger partial charge in [-0.1, -0.05) is 12.1 Å². The van der Waals surface area contributed by atoms with Crippen LogP contribution in [0.2, 0.25) is 0 Å². The topological polar surface area (TPSA) is 59.8 Å². The number of rotatable bonds is 5. The van der Waals surface area contributed by atoms with Crippen LogP contribution in [0.4, 0.5) is 5.69 Å². The number of esters is 1. The molecule has 1 saturated heterocycles. The molecule has 5 nitrogen and oxygen atoms in total. The summed E-state index contributed by atoms with van der Waals surface area (Å²) >= 11 is 0. The number of hydrogen-bond donors (Lipinski definition) is 2. The van der Waals surface area contributed by atoms with Crippen LogP contribution in [0.15, 0.2) is 24.3 Å². The fraction of sp³-hybridized carbons (Fsp3) is 0.529. The number of para-hydroxylation sites is 1. The highest BCUT2D eigenvalue weighted by molar-refractivity contribution is 6.01. The number of likely N-dealkylation sites (tertiary alicyclic amines) is 1. The Morgan fingerprint density at radius 2 is 2.09 bits per heavy atom. The molecule has 1 fully saturated rings. The second-order valence-corrected chi connectivity index (χ2v) is 5.80. The molecular weight excluding hydrogens is 280 g/mol. The number of nitrogens with one attached hydrogen (secondary N) is 2. The van der Waals surface area contributed by atoms with Gasteiger partial charge in [0.25, 0.3) is 5.91 Å². The van der Waals surface area contributed by atoms with E-state index in [1.54, 1.807) is 31.2 Å². The van der Waals surface area contributed by atoms with Crippen molar-refractivity contribution in [2.24, 2.45) is 0 Å². The van der Waals surface area contributed by atoms with Crippen molar-refractivity contribution >= 4 is 17.6 Å². The summed E-state index contributed by atoms with van der Waals surface area (Å²) in [5.41, 5.74) is 0.925. The van der Waals surface area contributed by atoms with Gasteiger partial charge in [0.1, 0.15) is 0 Å². The summed E-state index contributed by atoms with van der Waals surface area (Å²) in [4.78, 5) is 25.5. The van der Waals surface area contributed by atoms with E-state index in [1.807, 2.05) is 0 Å². The molecule has 120 valence electrons. The first-order valence-corrected chi connectivity index (χ1v) is 8.02. The van der Waals surface area contributed by atoms with Crippen LogP contribution < -0.4 is 10.2 Å². The van der Waals surface area contributed by atoms with Gasteiger partial charge in [0.2, 0.25) is 0 Å². The van der Waals surface area contributed by atoms with Crippen molar-refractivity contribution in [2.45, 2.75) is 39.2 Å². The van der Waals surface area contributed by atoms with Gasteiger partial charge in [-0.2, -0.15) is 0 Å². The Balaban J connectivity index is 2.00. The second-order valence-electron chi connectivity index (χ2n) is 5.80. The molecule has 0 saturated carbocycles. The zero-order valence-corrected chi connectivity index (χ0v) is 13.4. The quantitative estimate of drug-likeness (QED) is 0.805. The van der Waals surface area contributed by atoms with E-state index in [-0.39, 0.29) is 5.91 Å². The molecule has 1 heterocycles. The van der Waals surface area contributed by atoms with Crippen molar-refractivity contribution in [2.75, 3.05) is 25.0 Å². The van der Waals surface area contributed by atoms with Crippen molar-refractivity contribution in [1.29, 1.82) is 0 Å². The van der Waals surface area contributed by atoms with Crippen molar-refractivity contribution in [3.63, 3.8) is 0 Å². The Kier molecular flexibility index (Phi) is 5.95. The van der Waals surface area contributed by atoms with Gasteiger partial charge in [0.05, 0.1) is 30.4 Å². The first kappa shape index (κ1) is 16.5. The summed E-state index contributed by atoms with van der Waals surface area (Å²) in [6, 6.07) is 7.48. The molecule has 0 aliphatic carbocycles. The van der Waals surface area contributed by atoms with Crippen molar-refractivity contribution in [1.82, 2.24) is 0 Å². The molecule has 2 rings (SSSR count). The minimum absolute atomic E-state index is 0.0551. The molecule has 0 aromatic heterocycles. The Morgan fingerprint density at radius 1 is 1.32 bits per heavy atom. The summed E-state index contributed by atoms with van der Waals surface area (Å²) in [6.45, 7) is 5.75. The van der Waals surface area contributed by atoms with Crippen LogP contribution in [-0.4, -0.2) is 37.6 Å². The number of anilines is 1. The van der Waals surface area contributed by atoms with E-state index in [2.05, 4.69) is 12.2 Å². The monoisotopic (exact) mass is 305 g/mol. The normalized spacial score (nSPS) is 21.2. The summed E-state index contributed by atoms with van der Waals surface area (Å²) in [7, 11) is 0. The smallest absolute Gasteiger partial charge is 0.340 e. The maximum absolute atomic E-state index is 12.3. The highest BCUT2D eigenvalue weighted by Crippen LogP contribution is 2.16. The van der Waals surface area contributed by atoms with Gasteiger partial charge in [-0.25, -0.2) is 4.79 Å². The van der Waals surface area contributed by atoms with E-state index >= 15 is 0 Å². The lowest BCUT2D eigenvalue weighted by Gasteiger charge is -2.29. The van der Waals surface area contributed by atoms with Gasteiger partial charge in [-0.3, -0.25) is 4.79 Å². The highest BCUT2D eigenvalue weighted by Gasteiger charge is 2.24. The standard InChI is InChI=1S/C17H24N2O3/c1-3-22-17(21)14-9-4-5-10-15(14)18-16(20)12-19-11-7-6-8-13(19)2/h4-5,9-10,13H,3,6-8,11-12H2,1-2H3,(H,18,20)/p+1/t13-/m0/s1. The third-order valence-corrected chi connectivity index (χ3v) is 4.17. The largest absolute Gasteiger partial charge is 0.462 e. The molecule has 1 aromatic carbocycles. The van der Waals surface area contributed by atoms with Gasteiger partial charge >= 0.3 is 5.97 Å². The predicted molar refractivity (Wildman–Crippen MR) is 85.0 cm³/mol. The molecule has 1 unspecified atom stereocenters. The lowest BCUT2D eigenvalue weighted by molar-refractivity contribution is -0.920. The highest BCUT2D eigenvalue weighted by atomic mass is 16.5. The van der Waals surface area contributed by atoms with Gasteiger partial charge in [-0.15, -0.1) is 0 Å². The fourth-order valence-electron chi connectivity index (χ4n) is 2.90.